The summed E-state index contributed by atoms with van der Waals surface area (Å²) < 4.78 is 2.25. The molecule has 148 valence electrons. The van der Waals surface area contributed by atoms with Gasteiger partial charge in [0.2, 0.25) is 5.91 Å². The van der Waals surface area contributed by atoms with Gasteiger partial charge in [0.25, 0.3) is 0 Å². The highest BCUT2D eigenvalue weighted by molar-refractivity contribution is 5.77. The zero-order valence-corrected chi connectivity index (χ0v) is 16.9. The van der Waals surface area contributed by atoms with Crippen molar-refractivity contribution in [1.29, 1.82) is 0 Å². The number of imidazole rings is 1. The Balaban J connectivity index is 1.77. The molecule has 28 heavy (non-hydrogen) atoms. The summed E-state index contributed by atoms with van der Waals surface area (Å²) in [7, 11) is 0. The van der Waals surface area contributed by atoms with Crippen LogP contribution < -0.4 is 5.32 Å². The van der Waals surface area contributed by atoms with E-state index in [-0.39, 0.29) is 5.91 Å². The molecule has 3 rings (SSSR count). The molecule has 2 aromatic carbocycles. The minimum absolute atomic E-state index is 0.0295. The molecule has 2 N–H and O–H groups in total. The number of aliphatic hydroxyl groups excluding tert-OH is 1. The average Bonchev–Trinajstić information content (AvgIpc) is 3.00. The number of rotatable bonds is 8. The van der Waals surface area contributed by atoms with E-state index in [1.165, 1.54) is 16.7 Å². The van der Waals surface area contributed by atoms with Gasteiger partial charge in [-0.2, -0.15) is 0 Å². The van der Waals surface area contributed by atoms with E-state index in [1.807, 2.05) is 18.2 Å². The molecule has 0 aliphatic carbocycles. The Morgan fingerprint density at radius 2 is 2.00 bits per heavy atom. The van der Waals surface area contributed by atoms with Crippen LogP contribution in [0.3, 0.4) is 0 Å². The van der Waals surface area contributed by atoms with Gasteiger partial charge in [-0.1, -0.05) is 35.9 Å². The summed E-state index contributed by atoms with van der Waals surface area (Å²) >= 11 is 0. The number of carbonyl (C=O) groups is 1. The smallest absolute Gasteiger partial charge is 0.220 e. The van der Waals surface area contributed by atoms with E-state index in [2.05, 4.69) is 48.0 Å². The Labute approximate surface area is 166 Å². The SMILES string of the molecule is Cc1ccc(C)c(Cn2c(CCNC(=O)CCC(C)O)nc3ccccc32)c1. The van der Waals surface area contributed by atoms with Gasteiger partial charge >= 0.3 is 0 Å². The normalized spacial score (nSPS) is 12.3. The third-order valence-corrected chi connectivity index (χ3v) is 5.03. The monoisotopic (exact) mass is 379 g/mol. The summed E-state index contributed by atoms with van der Waals surface area (Å²) in [6.07, 6.45) is 1.04. The number of aryl methyl sites for hydroxylation is 2. The molecule has 0 spiro atoms. The van der Waals surface area contributed by atoms with Crippen molar-refractivity contribution in [2.24, 2.45) is 0 Å². The van der Waals surface area contributed by atoms with Crippen LogP contribution >= 0.6 is 0 Å². The fraction of sp³-hybridized carbons (Fsp3) is 0.391. The molecular weight excluding hydrogens is 350 g/mol. The van der Waals surface area contributed by atoms with Gasteiger partial charge in [-0.05, 0) is 50.5 Å². The number of aromatic nitrogens is 2. The van der Waals surface area contributed by atoms with Gasteiger partial charge in [0.15, 0.2) is 0 Å². The number of nitrogens with one attached hydrogen (secondary N) is 1. The number of carbonyl (C=O) groups excluding carboxylic acids is 1. The van der Waals surface area contributed by atoms with Crippen LogP contribution in [0.15, 0.2) is 42.5 Å². The Kier molecular flexibility index (Phi) is 6.47. The van der Waals surface area contributed by atoms with E-state index >= 15 is 0 Å². The van der Waals surface area contributed by atoms with Gasteiger partial charge in [0, 0.05) is 25.9 Å². The van der Waals surface area contributed by atoms with E-state index in [0.717, 1.165) is 23.4 Å². The van der Waals surface area contributed by atoms with Crippen LogP contribution in [-0.4, -0.2) is 33.2 Å². The van der Waals surface area contributed by atoms with Crippen molar-refractivity contribution in [3.8, 4) is 0 Å². The highest BCUT2D eigenvalue weighted by atomic mass is 16.3. The molecule has 1 aromatic heterocycles. The Morgan fingerprint density at radius 3 is 2.79 bits per heavy atom. The van der Waals surface area contributed by atoms with Crippen LogP contribution in [0.25, 0.3) is 11.0 Å². The van der Waals surface area contributed by atoms with Crippen molar-refractivity contribution in [2.45, 2.75) is 52.7 Å². The first-order valence-electron chi connectivity index (χ1n) is 9.89. The minimum Gasteiger partial charge on any atom is -0.393 e. The summed E-state index contributed by atoms with van der Waals surface area (Å²) in [5, 5.41) is 12.2. The fourth-order valence-electron chi connectivity index (χ4n) is 3.38. The zero-order chi connectivity index (χ0) is 20.1. The van der Waals surface area contributed by atoms with Gasteiger partial charge in [0.05, 0.1) is 17.1 Å². The highest BCUT2D eigenvalue weighted by Gasteiger charge is 2.12. The van der Waals surface area contributed by atoms with Gasteiger partial charge in [0.1, 0.15) is 5.82 Å². The van der Waals surface area contributed by atoms with Crippen LogP contribution in [0.4, 0.5) is 0 Å². The summed E-state index contributed by atoms with van der Waals surface area (Å²) in [4.78, 5) is 16.7. The van der Waals surface area contributed by atoms with E-state index in [0.29, 0.717) is 25.8 Å². The standard InChI is InChI=1S/C23H29N3O2/c1-16-8-9-17(2)19(14-16)15-26-21-7-5-4-6-20(21)25-22(26)12-13-24-23(28)11-10-18(3)27/h4-9,14,18,27H,10-13,15H2,1-3H3,(H,24,28). The maximum atomic E-state index is 11.9. The molecule has 0 saturated carbocycles. The zero-order valence-electron chi connectivity index (χ0n) is 16.9. The molecule has 0 radical (unpaired) electrons. The first-order valence-corrected chi connectivity index (χ1v) is 9.89. The number of nitrogens with zero attached hydrogens (tertiary/aromatic N) is 2. The van der Waals surface area contributed by atoms with Crippen molar-refractivity contribution in [2.75, 3.05) is 6.54 Å². The van der Waals surface area contributed by atoms with E-state index < -0.39 is 6.10 Å². The lowest BCUT2D eigenvalue weighted by atomic mass is 10.1. The first kappa shape index (κ1) is 20.1. The second-order valence-corrected chi connectivity index (χ2v) is 7.52. The minimum atomic E-state index is -0.451. The molecule has 0 bridgehead atoms. The van der Waals surface area contributed by atoms with Crippen molar-refractivity contribution >= 4 is 16.9 Å². The molecule has 0 aliphatic heterocycles. The van der Waals surface area contributed by atoms with Crippen LogP contribution in [0.5, 0.6) is 0 Å². The Morgan fingerprint density at radius 1 is 1.21 bits per heavy atom. The van der Waals surface area contributed by atoms with Crippen LogP contribution in [-0.2, 0) is 17.8 Å². The topological polar surface area (TPSA) is 67.2 Å². The lowest BCUT2D eigenvalue weighted by Gasteiger charge is -2.13. The van der Waals surface area contributed by atoms with Crippen LogP contribution in [0.2, 0.25) is 0 Å². The largest absolute Gasteiger partial charge is 0.393 e. The van der Waals surface area contributed by atoms with Gasteiger partial charge < -0.3 is 15.0 Å². The molecule has 0 saturated heterocycles. The lowest BCUT2D eigenvalue weighted by Crippen LogP contribution is -2.27. The third-order valence-electron chi connectivity index (χ3n) is 5.03. The lowest BCUT2D eigenvalue weighted by molar-refractivity contribution is -0.121. The molecule has 1 atom stereocenters. The first-order chi connectivity index (χ1) is 13.4. The van der Waals surface area contributed by atoms with E-state index in [9.17, 15) is 9.90 Å². The van der Waals surface area contributed by atoms with Crippen molar-refractivity contribution in [1.82, 2.24) is 14.9 Å². The Bertz CT molecular complexity index is 960. The second kappa shape index (κ2) is 9.02. The summed E-state index contributed by atoms with van der Waals surface area (Å²) in [5.41, 5.74) is 5.88. The van der Waals surface area contributed by atoms with E-state index in [4.69, 9.17) is 4.98 Å². The maximum absolute atomic E-state index is 11.9. The number of para-hydroxylation sites is 2. The quantitative estimate of drug-likeness (QED) is 0.629. The molecule has 0 fully saturated rings. The van der Waals surface area contributed by atoms with Crippen LogP contribution in [0, 0.1) is 13.8 Å². The molecule has 5 heteroatoms. The predicted octanol–water partition coefficient (Wildman–Crippen LogP) is 3.52. The third kappa shape index (κ3) is 4.98. The second-order valence-electron chi connectivity index (χ2n) is 7.52. The van der Waals surface area contributed by atoms with Crippen LogP contribution in [0.1, 0.15) is 42.3 Å². The van der Waals surface area contributed by atoms with Gasteiger partial charge in [-0.3, -0.25) is 4.79 Å². The number of benzene rings is 2. The molecule has 1 heterocycles. The molecule has 0 aliphatic rings. The average molecular weight is 380 g/mol. The predicted molar refractivity (Wildman–Crippen MR) is 112 cm³/mol. The molecule has 3 aromatic rings. The number of aliphatic hydroxyl groups is 1. The molecule has 5 nitrogen and oxygen atoms in total. The Hall–Kier alpha value is -2.66. The summed E-state index contributed by atoms with van der Waals surface area (Å²) in [6.45, 7) is 7.24. The molecular formula is C23H29N3O2. The van der Waals surface area contributed by atoms with Crippen molar-refractivity contribution in [3.63, 3.8) is 0 Å². The van der Waals surface area contributed by atoms with Crippen molar-refractivity contribution < 1.29 is 9.90 Å². The summed E-state index contributed by atoms with van der Waals surface area (Å²) in [6, 6.07) is 14.7. The number of hydrogen-bond acceptors (Lipinski definition) is 3. The van der Waals surface area contributed by atoms with Gasteiger partial charge in [-0.25, -0.2) is 4.98 Å². The molecule has 1 amide bonds. The number of hydrogen-bond donors (Lipinski definition) is 2. The van der Waals surface area contributed by atoms with E-state index in [1.54, 1.807) is 6.92 Å². The van der Waals surface area contributed by atoms with Crippen molar-refractivity contribution in [3.05, 3.63) is 65.0 Å². The maximum Gasteiger partial charge on any atom is 0.220 e. The summed E-state index contributed by atoms with van der Waals surface area (Å²) in [5.74, 6) is 0.941. The number of fused-ring (bicyclic) bond motifs is 1. The molecule has 1 unspecified atom stereocenters. The highest BCUT2D eigenvalue weighted by Crippen LogP contribution is 2.20. The fourth-order valence-corrected chi connectivity index (χ4v) is 3.38. The number of amides is 1. The van der Waals surface area contributed by atoms with Gasteiger partial charge in [-0.15, -0.1) is 0 Å².